The molecular weight excluding hydrogens is 430 g/mol. The zero-order valence-corrected chi connectivity index (χ0v) is 20.3. The molecule has 0 atom stereocenters. The van der Waals surface area contributed by atoms with E-state index in [1.165, 1.54) is 11.1 Å². The Kier molecular flexibility index (Phi) is 5.83. The largest absolute Gasteiger partial charge is 0.371 e. The lowest BCUT2D eigenvalue weighted by Crippen LogP contribution is -2.34. The number of pyridine rings is 2. The topological polar surface area (TPSA) is 46.3 Å². The van der Waals surface area contributed by atoms with Gasteiger partial charge in [0, 0.05) is 43.2 Å². The molecule has 170 valence electrons. The van der Waals surface area contributed by atoms with Gasteiger partial charge in [-0.1, -0.05) is 56.6 Å². The first-order valence-corrected chi connectivity index (χ1v) is 12.1. The minimum atomic E-state index is 0.108. The van der Waals surface area contributed by atoms with Crippen molar-refractivity contribution in [3.05, 3.63) is 77.5 Å². The first kappa shape index (κ1) is 21.9. The van der Waals surface area contributed by atoms with Gasteiger partial charge in [-0.15, -0.1) is 0 Å². The lowest BCUT2D eigenvalue weighted by atomic mass is 9.85. The van der Waals surface area contributed by atoms with Crippen LogP contribution in [0.25, 0.3) is 16.8 Å². The summed E-state index contributed by atoms with van der Waals surface area (Å²) in [6.45, 7) is 8.77. The Morgan fingerprint density at radius 1 is 1.03 bits per heavy atom. The molecule has 1 aromatic carbocycles. The molecule has 0 radical (unpaired) electrons. The number of rotatable bonds is 4. The summed E-state index contributed by atoms with van der Waals surface area (Å²) in [5.41, 5.74) is 5.84. The van der Waals surface area contributed by atoms with Gasteiger partial charge in [0.05, 0.1) is 0 Å². The van der Waals surface area contributed by atoms with Crippen molar-refractivity contribution in [1.29, 1.82) is 0 Å². The number of piperidine rings is 1. The van der Waals surface area contributed by atoms with Crippen LogP contribution in [0, 0.1) is 5.92 Å². The fraction of sp³-hybridized carbons (Fsp3) is 0.370. The summed E-state index contributed by atoms with van der Waals surface area (Å²) < 4.78 is 1.93. The van der Waals surface area contributed by atoms with Gasteiger partial charge in [-0.25, -0.2) is 14.5 Å². The second-order valence-electron chi connectivity index (χ2n) is 10.0. The molecule has 6 heteroatoms. The summed E-state index contributed by atoms with van der Waals surface area (Å²) in [6.07, 6.45) is 6.93. The minimum Gasteiger partial charge on any atom is -0.371 e. The van der Waals surface area contributed by atoms with Crippen LogP contribution in [-0.2, 0) is 11.8 Å². The molecule has 0 amide bonds. The van der Waals surface area contributed by atoms with Crippen molar-refractivity contribution >= 4 is 22.9 Å². The van der Waals surface area contributed by atoms with Gasteiger partial charge in [-0.05, 0) is 59.6 Å². The number of fused-ring (bicyclic) bond motifs is 1. The standard InChI is InChI=1S/C27H30ClN5/c1-27(2,3)21-7-4-6-20(17-21)23-8-5-13-33-26(23)30-25(31-33)16-19-10-14-32(15-11-19)22-9-12-29-24(28)18-22/h4-9,12-13,17-19H,10-11,14-16H2,1-3H3. The van der Waals surface area contributed by atoms with Crippen molar-refractivity contribution in [1.82, 2.24) is 19.6 Å². The van der Waals surface area contributed by atoms with E-state index < -0.39 is 0 Å². The molecule has 4 aromatic rings. The molecule has 0 aliphatic carbocycles. The van der Waals surface area contributed by atoms with Gasteiger partial charge in [-0.3, -0.25) is 0 Å². The van der Waals surface area contributed by atoms with Crippen LogP contribution >= 0.6 is 11.6 Å². The van der Waals surface area contributed by atoms with E-state index in [-0.39, 0.29) is 5.41 Å². The maximum absolute atomic E-state index is 6.07. The van der Waals surface area contributed by atoms with E-state index in [4.69, 9.17) is 21.7 Å². The third kappa shape index (κ3) is 4.74. The molecule has 1 saturated heterocycles. The van der Waals surface area contributed by atoms with Crippen LogP contribution in [0.4, 0.5) is 5.69 Å². The van der Waals surface area contributed by atoms with Crippen molar-refractivity contribution < 1.29 is 0 Å². The van der Waals surface area contributed by atoms with Crippen LogP contribution in [0.15, 0.2) is 60.9 Å². The Morgan fingerprint density at radius 2 is 1.85 bits per heavy atom. The Balaban J connectivity index is 1.33. The van der Waals surface area contributed by atoms with Crippen molar-refractivity contribution in [3.63, 3.8) is 0 Å². The highest BCUT2D eigenvalue weighted by molar-refractivity contribution is 6.29. The summed E-state index contributed by atoms with van der Waals surface area (Å²) in [7, 11) is 0. The third-order valence-corrected chi connectivity index (χ3v) is 6.81. The summed E-state index contributed by atoms with van der Waals surface area (Å²) in [4.78, 5) is 11.5. The third-order valence-electron chi connectivity index (χ3n) is 6.61. The molecule has 0 spiro atoms. The van der Waals surface area contributed by atoms with Gasteiger partial charge in [0.25, 0.3) is 0 Å². The number of anilines is 1. The molecule has 1 aliphatic heterocycles. The molecule has 0 saturated carbocycles. The minimum absolute atomic E-state index is 0.108. The Morgan fingerprint density at radius 3 is 2.61 bits per heavy atom. The van der Waals surface area contributed by atoms with Gasteiger partial charge >= 0.3 is 0 Å². The number of nitrogens with zero attached hydrogens (tertiary/aromatic N) is 5. The molecular formula is C27H30ClN5. The van der Waals surface area contributed by atoms with Crippen molar-refractivity contribution in [2.75, 3.05) is 18.0 Å². The fourth-order valence-electron chi connectivity index (χ4n) is 4.66. The van der Waals surface area contributed by atoms with E-state index >= 15 is 0 Å². The summed E-state index contributed by atoms with van der Waals surface area (Å²) in [5, 5.41) is 5.37. The molecule has 1 fully saturated rings. The highest BCUT2D eigenvalue weighted by Gasteiger charge is 2.22. The van der Waals surface area contributed by atoms with Crippen LogP contribution in [-0.4, -0.2) is 32.7 Å². The molecule has 5 rings (SSSR count). The normalized spacial score (nSPS) is 15.3. The number of benzene rings is 1. The second kappa shape index (κ2) is 8.79. The average molecular weight is 460 g/mol. The number of hydrogen-bond donors (Lipinski definition) is 0. The van der Waals surface area contributed by atoms with Crippen LogP contribution in [0.2, 0.25) is 5.15 Å². The maximum Gasteiger partial charge on any atom is 0.163 e. The van der Waals surface area contributed by atoms with Crippen LogP contribution in [0.1, 0.15) is 45.0 Å². The molecule has 0 N–H and O–H groups in total. The van der Waals surface area contributed by atoms with Gasteiger partial charge in [0.1, 0.15) is 5.15 Å². The zero-order chi connectivity index (χ0) is 23.0. The van der Waals surface area contributed by atoms with E-state index in [0.717, 1.165) is 55.1 Å². The lowest BCUT2D eigenvalue weighted by Gasteiger charge is -2.33. The van der Waals surface area contributed by atoms with E-state index in [1.54, 1.807) is 6.20 Å². The zero-order valence-electron chi connectivity index (χ0n) is 19.5. The maximum atomic E-state index is 6.07. The van der Waals surface area contributed by atoms with Crippen LogP contribution in [0.3, 0.4) is 0 Å². The number of aromatic nitrogens is 4. The smallest absolute Gasteiger partial charge is 0.163 e. The van der Waals surface area contributed by atoms with E-state index in [2.05, 4.69) is 67.1 Å². The molecule has 0 unspecified atom stereocenters. The van der Waals surface area contributed by atoms with Crippen molar-refractivity contribution in [3.8, 4) is 11.1 Å². The molecule has 33 heavy (non-hydrogen) atoms. The Labute approximate surface area is 200 Å². The van der Waals surface area contributed by atoms with Crippen molar-refractivity contribution in [2.45, 2.75) is 45.4 Å². The lowest BCUT2D eigenvalue weighted by molar-refractivity contribution is 0.397. The van der Waals surface area contributed by atoms with E-state index in [0.29, 0.717) is 11.1 Å². The predicted octanol–water partition coefficient (Wildman–Crippen LogP) is 6.20. The Bertz CT molecular complexity index is 1260. The highest BCUT2D eigenvalue weighted by Crippen LogP contribution is 2.30. The monoisotopic (exact) mass is 459 g/mol. The molecule has 0 bridgehead atoms. The summed E-state index contributed by atoms with van der Waals surface area (Å²) in [5.74, 6) is 1.52. The number of hydrogen-bond acceptors (Lipinski definition) is 4. The Hall–Kier alpha value is -2.92. The van der Waals surface area contributed by atoms with Crippen LogP contribution in [0.5, 0.6) is 0 Å². The van der Waals surface area contributed by atoms with Crippen LogP contribution < -0.4 is 4.90 Å². The number of halogens is 1. The highest BCUT2D eigenvalue weighted by atomic mass is 35.5. The predicted molar refractivity (Wildman–Crippen MR) is 135 cm³/mol. The average Bonchev–Trinajstić information content (AvgIpc) is 3.21. The van der Waals surface area contributed by atoms with Gasteiger partial charge in [0.2, 0.25) is 0 Å². The van der Waals surface area contributed by atoms with E-state index in [9.17, 15) is 0 Å². The van der Waals surface area contributed by atoms with Crippen molar-refractivity contribution in [2.24, 2.45) is 5.92 Å². The SMILES string of the molecule is CC(C)(C)c1cccc(-c2cccn3nc(CC4CCN(c5ccnc(Cl)c5)CC4)nc23)c1. The van der Waals surface area contributed by atoms with Gasteiger partial charge < -0.3 is 4.90 Å². The second-order valence-corrected chi connectivity index (χ2v) is 10.4. The first-order chi connectivity index (χ1) is 15.9. The quantitative estimate of drug-likeness (QED) is 0.341. The summed E-state index contributed by atoms with van der Waals surface area (Å²) in [6, 6.07) is 17.0. The first-order valence-electron chi connectivity index (χ1n) is 11.7. The van der Waals surface area contributed by atoms with Gasteiger partial charge in [-0.2, -0.15) is 5.10 Å². The molecule has 5 nitrogen and oxygen atoms in total. The fourth-order valence-corrected chi connectivity index (χ4v) is 4.83. The molecule has 3 aromatic heterocycles. The summed E-state index contributed by atoms with van der Waals surface area (Å²) >= 11 is 6.07. The van der Waals surface area contributed by atoms with Gasteiger partial charge in [0.15, 0.2) is 11.5 Å². The molecule has 1 aliphatic rings. The van der Waals surface area contributed by atoms with E-state index in [1.807, 2.05) is 22.8 Å². The molecule has 4 heterocycles.